The second-order valence-electron chi connectivity index (χ2n) is 6.27. The standard InChI is InChI=1S/C18H20ClNO2/c1-18(2,3)14-8-9-16(21)15(10-14)20-17(22)13-6-4-12(11-19)5-7-13/h4-10,21H,11H2,1-3H3,(H,20,22). The molecule has 2 aromatic rings. The molecule has 0 fully saturated rings. The number of aromatic hydroxyl groups is 1. The lowest BCUT2D eigenvalue weighted by Crippen LogP contribution is -2.15. The minimum atomic E-state index is -0.262. The van der Waals surface area contributed by atoms with E-state index in [4.69, 9.17) is 11.6 Å². The van der Waals surface area contributed by atoms with Crippen LogP contribution in [0.15, 0.2) is 42.5 Å². The van der Waals surface area contributed by atoms with Gasteiger partial charge in [0, 0.05) is 11.4 Å². The summed E-state index contributed by atoms with van der Waals surface area (Å²) in [7, 11) is 0. The number of halogens is 1. The maximum atomic E-state index is 12.3. The van der Waals surface area contributed by atoms with Gasteiger partial charge < -0.3 is 10.4 Å². The largest absolute Gasteiger partial charge is 0.506 e. The van der Waals surface area contributed by atoms with Crippen molar-refractivity contribution < 1.29 is 9.90 Å². The van der Waals surface area contributed by atoms with Gasteiger partial charge in [0.2, 0.25) is 0 Å². The van der Waals surface area contributed by atoms with Crippen LogP contribution in [0.1, 0.15) is 42.3 Å². The zero-order chi connectivity index (χ0) is 16.3. The van der Waals surface area contributed by atoms with Crippen molar-refractivity contribution in [1.29, 1.82) is 0 Å². The summed E-state index contributed by atoms with van der Waals surface area (Å²) in [6.45, 7) is 6.24. The number of phenols is 1. The molecule has 0 saturated carbocycles. The van der Waals surface area contributed by atoms with Crippen molar-refractivity contribution in [1.82, 2.24) is 0 Å². The van der Waals surface area contributed by atoms with Gasteiger partial charge in [0.05, 0.1) is 5.69 Å². The van der Waals surface area contributed by atoms with E-state index in [2.05, 4.69) is 26.1 Å². The van der Waals surface area contributed by atoms with Gasteiger partial charge in [-0.1, -0.05) is 39.0 Å². The Bertz CT molecular complexity index is 672. The Hall–Kier alpha value is -2.00. The summed E-state index contributed by atoms with van der Waals surface area (Å²) in [6.07, 6.45) is 0. The molecule has 116 valence electrons. The van der Waals surface area contributed by atoms with Crippen LogP contribution in [0, 0.1) is 0 Å². The van der Waals surface area contributed by atoms with E-state index in [9.17, 15) is 9.90 Å². The Kier molecular flexibility index (Phi) is 4.77. The molecule has 0 aliphatic heterocycles. The van der Waals surface area contributed by atoms with Crippen LogP contribution in [0.4, 0.5) is 5.69 Å². The molecule has 3 nitrogen and oxygen atoms in total. The Morgan fingerprint density at radius 2 is 1.77 bits per heavy atom. The van der Waals surface area contributed by atoms with Gasteiger partial charge in [-0.25, -0.2) is 0 Å². The summed E-state index contributed by atoms with van der Waals surface area (Å²) < 4.78 is 0. The van der Waals surface area contributed by atoms with Gasteiger partial charge >= 0.3 is 0 Å². The van der Waals surface area contributed by atoms with Crippen LogP contribution in [0.2, 0.25) is 0 Å². The molecule has 4 heteroatoms. The zero-order valence-electron chi connectivity index (χ0n) is 13.0. The molecule has 22 heavy (non-hydrogen) atoms. The summed E-state index contributed by atoms with van der Waals surface area (Å²) in [5.74, 6) is 0.206. The first-order valence-electron chi connectivity index (χ1n) is 7.11. The molecule has 0 heterocycles. The average Bonchev–Trinajstić information content (AvgIpc) is 2.48. The van der Waals surface area contributed by atoms with Gasteiger partial charge in [-0.3, -0.25) is 4.79 Å². The van der Waals surface area contributed by atoms with Crippen LogP contribution in [0.5, 0.6) is 5.75 Å². The number of nitrogens with one attached hydrogen (secondary N) is 1. The third-order valence-corrected chi connectivity index (χ3v) is 3.79. The van der Waals surface area contributed by atoms with Crippen LogP contribution in [-0.2, 0) is 11.3 Å². The molecule has 0 unspecified atom stereocenters. The van der Waals surface area contributed by atoms with Crippen LogP contribution in [-0.4, -0.2) is 11.0 Å². The highest BCUT2D eigenvalue weighted by Gasteiger charge is 2.16. The molecule has 0 aromatic heterocycles. The number of phenolic OH excluding ortho intramolecular Hbond substituents is 1. The molecule has 2 N–H and O–H groups in total. The van der Waals surface area contributed by atoms with Crippen molar-refractivity contribution in [3.63, 3.8) is 0 Å². The van der Waals surface area contributed by atoms with Crippen LogP contribution in [0.25, 0.3) is 0 Å². The van der Waals surface area contributed by atoms with E-state index in [0.29, 0.717) is 17.1 Å². The van der Waals surface area contributed by atoms with Gasteiger partial charge in [-0.15, -0.1) is 11.6 Å². The lowest BCUT2D eigenvalue weighted by Gasteiger charge is -2.20. The predicted molar refractivity (Wildman–Crippen MR) is 90.8 cm³/mol. The Labute approximate surface area is 135 Å². The maximum Gasteiger partial charge on any atom is 0.255 e. The van der Waals surface area contributed by atoms with Crippen LogP contribution in [0.3, 0.4) is 0 Å². The smallest absolute Gasteiger partial charge is 0.255 e. The SMILES string of the molecule is CC(C)(C)c1ccc(O)c(NC(=O)c2ccc(CCl)cc2)c1. The molecule has 0 bridgehead atoms. The number of carbonyl (C=O) groups excluding carboxylic acids is 1. The number of benzene rings is 2. The number of rotatable bonds is 3. The summed E-state index contributed by atoms with van der Waals surface area (Å²) in [5.41, 5.74) is 2.87. The van der Waals surface area contributed by atoms with E-state index in [1.807, 2.05) is 18.2 Å². The molecule has 2 rings (SSSR count). The number of anilines is 1. The van der Waals surface area contributed by atoms with E-state index in [1.165, 1.54) is 0 Å². The first kappa shape index (κ1) is 16.4. The molecule has 2 aromatic carbocycles. The quantitative estimate of drug-likeness (QED) is 0.638. The van der Waals surface area contributed by atoms with E-state index in [1.54, 1.807) is 24.3 Å². The van der Waals surface area contributed by atoms with Crippen molar-refractivity contribution in [3.05, 3.63) is 59.2 Å². The summed E-state index contributed by atoms with van der Waals surface area (Å²) >= 11 is 5.74. The average molecular weight is 318 g/mol. The highest BCUT2D eigenvalue weighted by molar-refractivity contribution is 6.17. The Morgan fingerprint density at radius 1 is 1.14 bits per heavy atom. The normalized spacial score (nSPS) is 11.3. The van der Waals surface area contributed by atoms with Gasteiger partial charge in [-0.2, -0.15) is 0 Å². The van der Waals surface area contributed by atoms with Gasteiger partial charge in [0.25, 0.3) is 5.91 Å². The number of amides is 1. The van der Waals surface area contributed by atoms with Crippen molar-refractivity contribution in [2.75, 3.05) is 5.32 Å². The Morgan fingerprint density at radius 3 is 2.32 bits per heavy atom. The first-order valence-corrected chi connectivity index (χ1v) is 7.64. The number of hydrogen-bond acceptors (Lipinski definition) is 2. The summed E-state index contributed by atoms with van der Waals surface area (Å²) in [6, 6.07) is 12.3. The molecule has 0 aliphatic carbocycles. The lowest BCUT2D eigenvalue weighted by atomic mass is 9.87. The molecule has 0 aliphatic rings. The summed E-state index contributed by atoms with van der Waals surface area (Å²) in [5, 5.41) is 12.7. The van der Waals surface area contributed by atoms with Gasteiger partial charge in [0.1, 0.15) is 5.75 Å². The molecule has 0 spiro atoms. The molecule has 1 amide bonds. The van der Waals surface area contributed by atoms with E-state index < -0.39 is 0 Å². The number of hydrogen-bond donors (Lipinski definition) is 2. The molecule has 0 atom stereocenters. The molecule has 0 saturated heterocycles. The third-order valence-electron chi connectivity index (χ3n) is 3.48. The van der Waals surface area contributed by atoms with E-state index in [-0.39, 0.29) is 17.1 Å². The highest BCUT2D eigenvalue weighted by atomic mass is 35.5. The fourth-order valence-electron chi connectivity index (χ4n) is 2.04. The molecular formula is C18H20ClNO2. The fraction of sp³-hybridized carbons (Fsp3) is 0.278. The second kappa shape index (κ2) is 6.41. The first-order chi connectivity index (χ1) is 10.3. The zero-order valence-corrected chi connectivity index (χ0v) is 13.7. The van der Waals surface area contributed by atoms with Crippen molar-refractivity contribution in [3.8, 4) is 5.75 Å². The van der Waals surface area contributed by atoms with Crippen molar-refractivity contribution in [2.24, 2.45) is 0 Å². The maximum absolute atomic E-state index is 12.3. The van der Waals surface area contributed by atoms with E-state index in [0.717, 1.165) is 11.1 Å². The Balaban J connectivity index is 2.23. The highest BCUT2D eigenvalue weighted by Crippen LogP contribution is 2.31. The molecule has 0 radical (unpaired) electrons. The third kappa shape index (κ3) is 3.80. The van der Waals surface area contributed by atoms with Crippen LogP contribution < -0.4 is 5.32 Å². The van der Waals surface area contributed by atoms with Crippen LogP contribution >= 0.6 is 11.6 Å². The van der Waals surface area contributed by atoms with Gasteiger partial charge in [-0.05, 0) is 40.8 Å². The van der Waals surface area contributed by atoms with Gasteiger partial charge in [0.15, 0.2) is 0 Å². The monoisotopic (exact) mass is 317 g/mol. The molecular weight excluding hydrogens is 298 g/mol. The second-order valence-corrected chi connectivity index (χ2v) is 6.53. The number of carbonyl (C=O) groups is 1. The fourth-order valence-corrected chi connectivity index (χ4v) is 2.22. The number of alkyl halides is 1. The predicted octanol–water partition coefficient (Wildman–Crippen LogP) is 4.68. The minimum Gasteiger partial charge on any atom is -0.506 e. The topological polar surface area (TPSA) is 49.3 Å². The van der Waals surface area contributed by atoms with Crippen molar-refractivity contribution >= 4 is 23.2 Å². The van der Waals surface area contributed by atoms with E-state index >= 15 is 0 Å². The lowest BCUT2D eigenvalue weighted by molar-refractivity contribution is 0.102. The minimum absolute atomic E-state index is 0.0544. The van der Waals surface area contributed by atoms with Crippen molar-refractivity contribution in [2.45, 2.75) is 32.1 Å². The summed E-state index contributed by atoms with van der Waals surface area (Å²) in [4.78, 5) is 12.3.